The molecule has 146 valence electrons. The number of nitrogens with zero attached hydrogens (tertiary/aromatic N) is 3. The molecule has 0 unspecified atom stereocenters. The van der Waals surface area contributed by atoms with E-state index in [4.69, 9.17) is 4.74 Å². The first-order valence-corrected chi connectivity index (χ1v) is 10.5. The predicted molar refractivity (Wildman–Crippen MR) is 119 cm³/mol. The minimum atomic E-state index is 0.824. The molecule has 0 radical (unpaired) electrons. The first kappa shape index (κ1) is 19.3. The van der Waals surface area contributed by atoms with Gasteiger partial charge in [-0.25, -0.2) is 0 Å². The molecule has 1 aromatic heterocycles. The Morgan fingerprint density at radius 3 is 2.41 bits per heavy atom. The highest BCUT2D eigenvalue weighted by molar-refractivity contribution is 7.98. The average molecular weight is 402 g/mol. The highest BCUT2D eigenvalue weighted by atomic mass is 32.2. The van der Waals surface area contributed by atoms with Crippen LogP contribution in [-0.4, -0.2) is 21.9 Å². The van der Waals surface area contributed by atoms with Crippen molar-refractivity contribution in [1.82, 2.24) is 14.8 Å². The smallest absolute Gasteiger partial charge is 0.196 e. The number of benzene rings is 3. The van der Waals surface area contributed by atoms with Gasteiger partial charge in [-0.3, -0.25) is 4.57 Å². The molecule has 1 heterocycles. The highest BCUT2D eigenvalue weighted by Gasteiger charge is 2.17. The molecule has 0 saturated carbocycles. The lowest BCUT2D eigenvalue weighted by Crippen LogP contribution is -2.02. The lowest BCUT2D eigenvalue weighted by Gasteiger charge is -2.13. The van der Waals surface area contributed by atoms with Crippen LogP contribution in [0.25, 0.3) is 17.1 Å². The Bertz CT molecular complexity index is 1120. The number of aromatic nitrogens is 3. The van der Waals surface area contributed by atoms with Gasteiger partial charge in [-0.1, -0.05) is 59.8 Å². The number of hydrogen-bond donors (Lipinski definition) is 0. The maximum Gasteiger partial charge on any atom is 0.196 e. The monoisotopic (exact) mass is 401 g/mol. The third-order valence-corrected chi connectivity index (χ3v) is 5.79. The second-order valence-electron chi connectivity index (χ2n) is 6.93. The molecule has 0 fully saturated rings. The molecule has 0 amide bonds. The second kappa shape index (κ2) is 8.53. The van der Waals surface area contributed by atoms with Crippen LogP contribution in [0.15, 0.2) is 78.0 Å². The Labute approximate surface area is 175 Å². The summed E-state index contributed by atoms with van der Waals surface area (Å²) < 4.78 is 7.44. The van der Waals surface area contributed by atoms with Crippen molar-refractivity contribution in [2.45, 2.75) is 24.8 Å². The normalized spacial score (nSPS) is 10.9. The SMILES string of the molecule is COc1ccc(-c2nnc(SCc3cccc(C)c3)n2-c2ccccc2C)cc1. The topological polar surface area (TPSA) is 39.9 Å². The van der Waals surface area contributed by atoms with Crippen LogP contribution in [-0.2, 0) is 5.75 Å². The Balaban J connectivity index is 1.75. The maximum absolute atomic E-state index is 5.29. The van der Waals surface area contributed by atoms with E-state index in [0.717, 1.165) is 33.7 Å². The molecule has 4 nitrogen and oxygen atoms in total. The lowest BCUT2D eigenvalue weighted by atomic mass is 10.1. The molecule has 5 heteroatoms. The third-order valence-electron chi connectivity index (χ3n) is 4.79. The molecule has 0 aliphatic rings. The molecule has 0 aliphatic heterocycles. The zero-order valence-corrected chi connectivity index (χ0v) is 17.6. The van der Waals surface area contributed by atoms with E-state index in [9.17, 15) is 0 Å². The van der Waals surface area contributed by atoms with Crippen LogP contribution in [0.1, 0.15) is 16.7 Å². The van der Waals surface area contributed by atoms with Gasteiger partial charge in [-0.2, -0.15) is 0 Å². The molecule has 0 spiro atoms. The summed E-state index contributed by atoms with van der Waals surface area (Å²) in [7, 11) is 1.67. The van der Waals surface area contributed by atoms with Gasteiger partial charge in [0.1, 0.15) is 5.75 Å². The van der Waals surface area contributed by atoms with Crippen molar-refractivity contribution in [2.24, 2.45) is 0 Å². The van der Waals surface area contributed by atoms with Crippen LogP contribution >= 0.6 is 11.8 Å². The molecule has 29 heavy (non-hydrogen) atoms. The highest BCUT2D eigenvalue weighted by Crippen LogP contribution is 2.31. The van der Waals surface area contributed by atoms with Crippen LogP contribution in [0.2, 0.25) is 0 Å². The van der Waals surface area contributed by atoms with Gasteiger partial charge in [0.15, 0.2) is 11.0 Å². The molecule has 0 atom stereocenters. The fourth-order valence-corrected chi connectivity index (χ4v) is 4.16. The number of ether oxygens (including phenoxy) is 1. The van der Waals surface area contributed by atoms with Gasteiger partial charge in [-0.15, -0.1) is 10.2 Å². The first-order valence-electron chi connectivity index (χ1n) is 9.50. The summed E-state index contributed by atoms with van der Waals surface area (Å²) in [5.74, 6) is 2.49. The van der Waals surface area contributed by atoms with E-state index in [1.165, 1.54) is 16.7 Å². The van der Waals surface area contributed by atoms with E-state index in [2.05, 4.69) is 77.1 Å². The fraction of sp³-hybridized carbons (Fsp3) is 0.167. The van der Waals surface area contributed by atoms with E-state index >= 15 is 0 Å². The van der Waals surface area contributed by atoms with Crippen LogP contribution in [0.4, 0.5) is 0 Å². The van der Waals surface area contributed by atoms with E-state index < -0.39 is 0 Å². The quantitative estimate of drug-likeness (QED) is 0.380. The number of thioether (sulfide) groups is 1. The molecule has 3 aromatic carbocycles. The summed E-state index contributed by atoms with van der Waals surface area (Å²) in [5.41, 5.74) is 5.82. The van der Waals surface area contributed by atoms with Gasteiger partial charge in [-0.05, 0) is 55.3 Å². The van der Waals surface area contributed by atoms with Gasteiger partial charge in [0.05, 0.1) is 12.8 Å². The molecule has 4 aromatic rings. The standard InChI is InChI=1S/C24H23N3OS/c1-17-7-6-9-19(15-17)16-29-24-26-25-23(20-11-13-21(28-3)14-12-20)27(24)22-10-5-4-8-18(22)2/h4-15H,16H2,1-3H3. The van der Waals surface area contributed by atoms with Crippen molar-refractivity contribution in [3.63, 3.8) is 0 Å². The second-order valence-corrected chi connectivity index (χ2v) is 7.88. The van der Waals surface area contributed by atoms with Gasteiger partial charge < -0.3 is 4.74 Å². The molecule has 4 rings (SSSR count). The van der Waals surface area contributed by atoms with Crippen molar-refractivity contribution in [2.75, 3.05) is 7.11 Å². The van der Waals surface area contributed by atoms with Crippen LogP contribution in [0.5, 0.6) is 5.75 Å². The number of methoxy groups -OCH3 is 1. The van der Waals surface area contributed by atoms with Gasteiger partial charge >= 0.3 is 0 Å². The van der Waals surface area contributed by atoms with E-state index in [0.29, 0.717) is 0 Å². The van der Waals surface area contributed by atoms with E-state index in [-0.39, 0.29) is 0 Å². The largest absolute Gasteiger partial charge is 0.497 e. The van der Waals surface area contributed by atoms with Crippen molar-refractivity contribution in [3.05, 3.63) is 89.5 Å². The number of hydrogen-bond acceptors (Lipinski definition) is 4. The van der Waals surface area contributed by atoms with Gasteiger partial charge in [0.25, 0.3) is 0 Å². The van der Waals surface area contributed by atoms with Crippen LogP contribution in [0.3, 0.4) is 0 Å². The number of aryl methyl sites for hydroxylation is 2. The van der Waals surface area contributed by atoms with Crippen molar-refractivity contribution in [3.8, 4) is 22.8 Å². The summed E-state index contributed by atoms with van der Waals surface area (Å²) >= 11 is 1.70. The third kappa shape index (κ3) is 4.20. The van der Waals surface area contributed by atoms with Crippen molar-refractivity contribution < 1.29 is 4.74 Å². The molecule has 0 saturated heterocycles. The summed E-state index contributed by atoms with van der Waals surface area (Å²) in [5, 5.41) is 9.96. The summed E-state index contributed by atoms with van der Waals surface area (Å²) in [6.07, 6.45) is 0. The van der Waals surface area contributed by atoms with Crippen molar-refractivity contribution in [1.29, 1.82) is 0 Å². The number of rotatable bonds is 6. The Morgan fingerprint density at radius 2 is 1.69 bits per heavy atom. The van der Waals surface area contributed by atoms with E-state index in [1.54, 1.807) is 18.9 Å². The Morgan fingerprint density at radius 1 is 0.897 bits per heavy atom. The van der Waals surface area contributed by atoms with Gasteiger partial charge in [0, 0.05) is 11.3 Å². The Hall–Kier alpha value is -3.05. The van der Waals surface area contributed by atoms with Crippen molar-refractivity contribution >= 4 is 11.8 Å². The zero-order chi connectivity index (χ0) is 20.2. The average Bonchev–Trinajstić information content (AvgIpc) is 3.16. The maximum atomic E-state index is 5.29. The summed E-state index contributed by atoms with van der Waals surface area (Å²) in [6, 6.07) is 24.9. The molecular formula is C24H23N3OS. The first-order chi connectivity index (χ1) is 14.2. The molecule has 0 aliphatic carbocycles. The molecule has 0 bridgehead atoms. The fourth-order valence-electron chi connectivity index (χ4n) is 3.27. The summed E-state index contributed by atoms with van der Waals surface area (Å²) in [4.78, 5) is 0. The lowest BCUT2D eigenvalue weighted by molar-refractivity contribution is 0.415. The minimum absolute atomic E-state index is 0.824. The molecular weight excluding hydrogens is 378 g/mol. The predicted octanol–water partition coefficient (Wildman–Crippen LogP) is 5.85. The minimum Gasteiger partial charge on any atom is -0.497 e. The van der Waals surface area contributed by atoms with Crippen LogP contribution in [0, 0.1) is 13.8 Å². The molecule has 0 N–H and O–H groups in total. The van der Waals surface area contributed by atoms with Gasteiger partial charge in [0.2, 0.25) is 0 Å². The number of para-hydroxylation sites is 1. The Kier molecular flexibility index (Phi) is 5.67. The zero-order valence-electron chi connectivity index (χ0n) is 16.8. The summed E-state index contributed by atoms with van der Waals surface area (Å²) in [6.45, 7) is 4.23. The van der Waals surface area contributed by atoms with Crippen LogP contribution < -0.4 is 4.74 Å². The van der Waals surface area contributed by atoms with E-state index in [1.807, 2.05) is 24.3 Å².